The number of benzene rings is 1. The number of halogens is 1. The summed E-state index contributed by atoms with van der Waals surface area (Å²) in [4.78, 5) is 0. The third-order valence-electron chi connectivity index (χ3n) is 3.94. The van der Waals surface area contributed by atoms with Gasteiger partial charge in [0.25, 0.3) is 0 Å². The van der Waals surface area contributed by atoms with Crippen LogP contribution in [0.2, 0.25) is 0 Å². The Bertz CT molecular complexity index is 371. The van der Waals surface area contributed by atoms with E-state index in [2.05, 4.69) is 59.1 Å². The first kappa shape index (κ1) is 14.3. The van der Waals surface area contributed by atoms with E-state index >= 15 is 0 Å². The first-order chi connectivity index (χ1) is 8.64. The van der Waals surface area contributed by atoms with Crippen LogP contribution in [0.5, 0.6) is 0 Å². The summed E-state index contributed by atoms with van der Waals surface area (Å²) in [5, 5.41) is 3.45. The molecule has 100 valence electrons. The zero-order valence-electron chi connectivity index (χ0n) is 11.2. The molecule has 1 saturated heterocycles. The van der Waals surface area contributed by atoms with Crippen molar-refractivity contribution in [1.82, 2.24) is 5.32 Å². The fourth-order valence-electron chi connectivity index (χ4n) is 2.71. The van der Waals surface area contributed by atoms with Crippen LogP contribution in [0.3, 0.4) is 0 Å². The minimum Gasteiger partial charge on any atom is -0.374 e. The highest BCUT2D eigenvalue weighted by Gasteiger charge is 2.35. The molecule has 18 heavy (non-hydrogen) atoms. The smallest absolute Gasteiger partial charge is 0.0809 e. The Morgan fingerprint density at radius 2 is 2.06 bits per heavy atom. The topological polar surface area (TPSA) is 21.3 Å². The minimum absolute atomic E-state index is 0.0179. The van der Waals surface area contributed by atoms with E-state index in [-0.39, 0.29) is 5.60 Å². The zero-order chi connectivity index (χ0) is 13.0. The van der Waals surface area contributed by atoms with E-state index in [1.54, 1.807) is 0 Å². The molecule has 2 unspecified atom stereocenters. The standard InChI is InChI=1S/C15H22INO/c1-15(9-3-4-10-18-15)14(17-2)11-12-5-7-13(16)8-6-12/h5-8,14,17H,3-4,9-11H2,1-2H3. The Morgan fingerprint density at radius 3 is 2.61 bits per heavy atom. The van der Waals surface area contributed by atoms with E-state index in [9.17, 15) is 0 Å². The second-order valence-electron chi connectivity index (χ2n) is 5.29. The van der Waals surface area contributed by atoms with Crippen molar-refractivity contribution in [1.29, 1.82) is 0 Å². The van der Waals surface area contributed by atoms with Gasteiger partial charge in [-0.25, -0.2) is 0 Å². The Labute approximate surface area is 124 Å². The van der Waals surface area contributed by atoms with Crippen molar-refractivity contribution in [3.05, 3.63) is 33.4 Å². The highest BCUT2D eigenvalue weighted by Crippen LogP contribution is 2.29. The number of ether oxygens (including phenoxy) is 1. The summed E-state index contributed by atoms with van der Waals surface area (Å²) < 4.78 is 7.34. The van der Waals surface area contributed by atoms with Crippen molar-refractivity contribution in [2.24, 2.45) is 0 Å². The molecule has 0 bridgehead atoms. The van der Waals surface area contributed by atoms with Crippen molar-refractivity contribution >= 4 is 22.6 Å². The number of rotatable bonds is 4. The molecule has 1 aromatic rings. The van der Waals surface area contributed by atoms with Crippen LogP contribution in [0.1, 0.15) is 31.7 Å². The van der Waals surface area contributed by atoms with E-state index in [1.165, 1.54) is 22.0 Å². The molecule has 2 rings (SSSR count). The summed E-state index contributed by atoms with van der Waals surface area (Å²) in [5.74, 6) is 0. The fraction of sp³-hybridized carbons (Fsp3) is 0.600. The Balaban J connectivity index is 2.06. The van der Waals surface area contributed by atoms with Crippen LogP contribution in [-0.2, 0) is 11.2 Å². The summed E-state index contributed by atoms with van der Waals surface area (Å²) in [6.45, 7) is 3.15. The zero-order valence-corrected chi connectivity index (χ0v) is 13.4. The minimum atomic E-state index is -0.0179. The molecule has 1 fully saturated rings. The van der Waals surface area contributed by atoms with Gasteiger partial charge in [0, 0.05) is 16.2 Å². The number of hydrogen-bond donors (Lipinski definition) is 1. The van der Waals surface area contributed by atoms with Gasteiger partial charge in [0.05, 0.1) is 5.60 Å². The molecule has 1 N–H and O–H groups in total. The molecule has 1 aliphatic rings. The molecule has 0 aliphatic carbocycles. The molecule has 2 nitrogen and oxygen atoms in total. The van der Waals surface area contributed by atoms with Crippen molar-refractivity contribution in [2.45, 2.75) is 44.2 Å². The third kappa shape index (κ3) is 3.45. The van der Waals surface area contributed by atoms with Crippen molar-refractivity contribution in [3.8, 4) is 0 Å². The predicted octanol–water partition coefficient (Wildman–Crippen LogP) is 3.38. The van der Waals surface area contributed by atoms with Gasteiger partial charge in [-0.1, -0.05) is 12.1 Å². The monoisotopic (exact) mass is 359 g/mol. The van der Waals surface area contributed by atoms with E-state index < -0.39 is 0 Å². The first-order valence-corrected chi connectivity index (χ1v) is 7.77. The molecular formula is C15H22INO. The summed E-state index contributed by atoms with van der Waals surface area (Å²) in [6, 6.07) is 9.17. The van der Waals surface area contributed by atoms with E-state index in [4.69, 9.17) is 4.74 Å². The lowest BCUT2D eigenvalue weighted by molar-refractivity contribution is -0.0870. The molecule has 0 spiro atoms. The number of hydrogen-bond acceptors (Lipinski definition) is 2. The second-order valence-corrected chi connectivity index (χ2v) is 6.54. The maximum Gasteiger partial charge on any atom is 0.0809 e. The van der Waals surface area contributed by atoms with E-state index in [1.807, 2.05) is 7.05 Å². The molecule has 0 amide bonds. The average Bonchev–Trinajstić information content (AvgIpc) is 2.38. The van der Waals surface area contributed by atoms with Crippen LogP contribution in [0.15, 0.2) is 24.3 Å². The molecule has 0 saturated carbocycles. The van der Waals surface area contributed by atoms with Gasteiger partial charge in [-0.05, 0) is 79.9 Å². The average molecular weight is 359 g/mol. The summed E-state index contributed by atoms with van der Waals surface area (Å²) >= 11 is 2.35. The Kier molecular flexibility index (Phi) is 5.04. The maximum absolute atomic E-state index is 6.05. The van der Waals surface area contributed by atoms with Crippen LogP contribution in [0.4, 0.5) is 0 Å². The van der Waals surface area contributed by atoms with Gasteiger partial charge < -0.3 is 10.1 Å². The molecule has 2 atom stereocenters. The van der Waals surface area contributed by atoms with Gasteiger partial charge in [-0.15, -0.1) is 0 Å². The molecule has 1 aromatic carbocycles. The van der Waals surface area contributed by atoms with Gasteiger partial charge in [0.15, 0.2) is 0 Å². The number of nitrogens with one attached hydrogen (secondary N) is 1. The molecule has 1 aliphatic heterocycles. The Hall–Kier alpha value is -0.130. The summed E-state index contributed by atoms with van der Waals surface area (Å²) in [5.41, 5.74) is 1.36. The third-order valence-corrected chi connectivity index (χ3v) is 4.66. The lowest BCUT2D eigenvalue weighted by Crippen LogP contribution is -2.52. The molecule has 1 heterocycles. The molecule has 3 heteroatoms. The maximum atomic E-state index is 6.05. The normalized spacial score (nSPS) is 25.9. The van der Waals surface area contributed by atoms with Gasteiger partial charge in [-0.3, -0.25) is 0 Å². The molecule has 0 aromatic heterocycles. The lowest BCUT2D eigenvalue weighted by Gasteiger charge is -2.40. The second kappa shape index (κ2) is 6.35. The van der Waals surface area contributed by atoms with Gasteiger partial charge in [0.2, 0.25) is 0 Å². The van der Waals surface area contributed by atoms with E-state index in [0.717, 1.165) is 19.4 Å². The van der Waals surface area contributed by atoms with Gasteiger partial charge in [0.1, 0.15) is 0 Å². The summed E-state index contributed by atoms with van der Waals surface area (Å²) in [7, 11) is 2.04. The molecular weight excluding hydrogens is 337 g/mol. The van der Waals surface area contributed by atoms with Crippen LogP contribution in [0.25, 0.3) is 0 Å². The summed E-state index contributed by atoms with van der Waals surface area (Å²) in [6.07, 6.45) is 4.67. The Morgan fingerprint density at radius 1 is 1.33 bits per heavy atom. The first-order valence-electron chi connectivity index (χ1n) is 6.70. The van der Waals surface area contributed by atoms with Gasteiger partial charge >= 0.3 is 0 Å². The van der Waals surface area contributed by atoms with E-state index in [0.29, 0.717) is 6.04 Å². The highest BCUT2D eigenvalue weighted by molar-refractivity contribution is 14.1. The van der Waals surface area contributed by atoms with Gasteiger partial charge in [-0.2, -0.15) is 0 Å². The predicted molar refractivity (Wildman–Crippen MR) is 83.9 cm³/mol. The SMILES string of the molecule is CNC(Cc1ccc(I)cc1)C1(C)CCCCO1. The number of likely N-dealkylation sites (N-methyl/N-ethyl adjacent to an activating group) is 1. The van der Waals surface area contributed by atoms with Crippen LogP contribution in [0, 0.1) is 3.57 Å². The van der Waals surface area contributed by atoms with Crippen LogP contribution >= 0.6 is 22.6 Å². The van der Waals surface area contributed by atoms with Crippen LogP contribution in [-0.4, -0.2) is 25.3 Å². The lowest BCUT2D eigenvalue weighted by atomic mass is 9.85. The fourth-order valence-corrected chi connectivity index (χ4v) is 3.07. The van der Waals surface area contributed by atoms with Crippen LogP contribution < -0.4 is 5.32 Å². The largest absolute Gasteiger partial charge is 0.374 e. The van der Waals surface area contributed by atoms with Crippen molar-refractivity contribution in [3.63, 3.8) is 0 Å². The van der Waals surface area contributed by atoms with Crippen molar-refractivity contribution in [2.75, 3.05) is 13.7 Å². The quantitative estimate of drug-likeness (QED) is 0.833. The van der Waals surface area contributed by atoms with Crippen molar-refractivity contribution < 1.29 is 4.74 Å². The highest BCUT2D eigenvalue weighted by atomic mass is 127. The molecule has 0 radical (unpaired) electrons.